The Hall–Kier alpha value is -2.48. The summed E-state index contributed by atoms with van der Waals surface area (Å²) in [5, 5.41) is 0.983. The molecule has 1 aliphatic rings. The molecule has 0 bridgehead atoms. The van der Waals surface area contributed by atoms with E-state index < -0.39 is 0 Å². The zero-order valence-electron chi connectivity index (χ0n) is 12.4. The van der Waals surface area contributed by atoms with Crippen LogP contribution < -0.4 is 0 Å². The van der Waals surface area contributed by atoms with Crippen molar-refractivity contribution in [2.45, 2.75) is 25.7 Å². The Labute approximate surface area is 129 Å². The molecule has 0 N–H and O–H groups in total. The van der Waals surface area contributed by atoms with Crippen LogP contribution in [0.5, 0.6) is 0 Å². The Morgan fingerprint density at radius 1 is 0.864 bits per heavy atom. The topological polar surface area (TPSA) is 30.0 Å². The van der Waals surface area contributed by atoms with Crippen LogP contribution in [0.4, 0.5) is 0 Å². The fraction of sp³-hybridized carbons (Fsp3) is 0.200. The van der Waals surface area contributed by atoms with Crippen LogP contribution in [0.2, 0.25) is 0 Å². The van der Waals surface area contributed by atoms with Crippen molar-refractivity contribution in [3.63, 3.8) is 0 Å². The van der Waals surface area contributed by atoms with Crippen molar-refractivity contribution < 1.29 is 4.79 Å². The third-order valence-corrected chi connectivity index (χ3v) is 4.43. The van der Waals surface area contributed by atoms with Gasteiger partial charge in [0.05, 0.1) is 5.52 Å². The second-order valence-corrected chi connectivity index (χ2v) is 5.83. The Morgan fingerprint density at radius 2 is 1.59 bits per heavy atom. The average molecular weight is 287 g/mol. The van der Waals surface area contributed by atoms with Gasteiger partial charge in [-0.3, -0.25) is 9.78 Å². The van der Waals surface area contributed by atoms with Crippen molar-refractivity contribution in [2.75, 3.05) is 0 Å². The summed E-state index contributed by atoms with van der Waals surface area (Å²) < 4.78 is 0. The molecule has 22 heavy (non-hydrogen) atoms. The van der Waals surface area contributed by atoms with E-state index in [2.05, 4.69) is 0 Å². The fourth-order valence-corrected chi connectivity index (χ4v) is 3.37. The molecule has 1 heterocycles. The van der Waals surface area contributed by atoms with Crippen molar-refractivity contribution in [3.8, 4) is 0 Å². The molecule has 0 amide bonds. The summed E-state index contributed by atoms with van der Waals surface area (Å²) in [6.45, 7) is 0. The Bertz CT molecular complexity index is 852. The van der Waals surface area contributed by atoms with Gasteiger partial charge in [-0.2, -0.15) is 0 Å². The lowest BCUT2D eigenvalue weighted by Crippen LogP contribution is -2.14. The van der Waals surface area contributed by atoms with E-state index in [0.717, 1.165) is 53.4 Å². The van der Waals surface area contributed by atoms with Gasteiger partial charge in [-0.15, -0.1) is 0 Å². The first-order valence-corrected chi connectivity index (χ1v) is 7.85. The molecular weight excluding hydrogens is 270 g/mol. The average Bonchev–Trinajstić information content (AvgIpc) is 2.60. The first-order valence-electron chi connectivity index (χ1n) is 7.85. The number of pyridine rings is 1. The van der Waals surface area contributed by atoms with E-state index in [1.165, 1.54) is 5.56 Å². The maximum Gasteiger partial charge on any atom is 0.194 e. The second kappa shape index (κ2) is 5.38. The highest BCUT2D eigenvalue weighted by molar-refractivity contribution is 6.17. The molecule has 1 aliphatic carbocycles. The molecule has 0 unspecified atom stereocenters. The first kappa shape index (κ1) is 13.2. The highest BCUT2D eigenvalue weighted by atomic mass is 16.1. The van der Waals surface area contributed by atoms with Gasteiger partial charge in [0.2, 0.25) is 0 Å². The SMILES string of the molecule is O=C(c1ccccc1)c1c2c(nc3ccccc13)CCCC2. The number of fused-ring (bicyclic) bond motifs is 2. The van der Waals surface area contributed by atoms with Gasteiger partial charge < -0.3 is 0 Å². The van der Waals surface area contributed by atoms with Gasteiger partial charge in [0.1, 0.15) is 0 Å². The summed E-state index contributed by atoms with van der Waals surface area (Å²) >= 11 is 0. The Kier molecular flexibility index (Phi) is 3.23. The van der Waals surface area contributed by atoms with Gasteiger partial charge >= 0.3 is 0 Å². The number of nitrogens with zero attached hydrogens (tertiary/aromatic N) is 1. The van der Waals surface area contributed by atoms with Crippen LogP contribution in [0.1, 0.15) is 40.0 Å². The summed E-state index contributed by atoms with van der Waals surface area (Å²) in [5.41, 5.74) is 4.84. The predicted octanol–water partition coefficient (Wildman–Crippen LogP) is 4.34. The molecule has 2 nitrogen and oxygen atoms in total. The largest absolute Gasteiger partial charge is 0.289 e. The number of hydrogen-bond acceptors (Lipinski definition) is 2. The molecule has 0 fully saturated rings. The van der Waals surface area contributed by atoms with Crippen molar-refractivity contribution in [1.29, 1.82) is 0 Å². The molecule has 0 saturated carbocycles. The highest BCUT2D eigenvalue weighted by Gasteiger charge is 2.23. The number of hydrogen-bond donors (Lipinski definition) is 0. The normalized spacial score (nSPS) is 13.8. The summed E-state index contributed by atoms with van der Waals surface area (Å²) in [6, 6.07) is 17.6. The third kappa shape index (κ3) is 2.12. The van der Waals surface area contributed by atoms with E-state index in [4.69, 9.17) is 4.98 Å². The number of rotatable bonds is 2. The standard InChI is InChI=1S/C20H17NO/c22-20(14-8-2-1-3-9-14)19-15-10-4-6-12-17(15)21-18-13-7-5-11-16(18)19/h1-4,6,8-10,12H,5,7,11,13H2. The van der Waals surface area contributed by atoms with Gasteiger partial charge in [0.15, 0.2) is 5.78 Å². The maximum atomic E-state index is 13.1. The number of carbonyl (C=O) groups is 1. The zero-order chi connectivity index (χ0) is 14.9. The molecule has 3 aromatic rings. The van der Waals surface area contributed by atoms with Crippen LogP contribution in [0, 0.1) is 0 Å². The minimum Gasteiger partial charge on any atom is -0.289 e. The lowest BCUT2D eigenvalue weighted by Gasteiger charge is -2.20. The van der Waals surface area contributed by atoms with E-state index >= 15 is 0 Å². The molecule has 0 spiro atoms. The molecule has 108 valence electrons. The molecule has 4 rings (SSSR count). The maximum absolute atomic E-state index is 13.1. The minimum atomic E-state index is 0.123. The summed E-state index contributed by atoms with van der Waals surface area (Å²) in [4.78, 5) is 17.9. The van der Waals surface area contributed by atoms with Gasteiger partial charge in [0.25, 0.3) is 0 Å². The lowest BCUT2D eigenvalue weighted by atomic mass is 9.86. The van der Waals surface area contributed by atoms with Crippen LogP contribution in [0.25, 0.3) is 10.9 Å². The predicted molar refractivity (Wildman–Crippen MR) is 88.3 cm³/mol. The van der Waals surface area contributed by atoms with E-state index in [1.807, 2.05) is 54.6 Å². The van der Waals surface area contributed by atoms with Crippen LogP contribution >= 0.6 is 0 Å². The van der Waals surface area contributed by atoms with E-state index in [9.17, 15) is 4.79 Å². The summed E-state index contributed by atoms with van der Waals surface area (Å²) in [7, 11) is 0. The van der Waals surface area contributed by atoms with Gasteiger partial charge in [0, 0.05) is 22.2 Å². The number of para-hydroxylation sites is 1. The molecule has 0 saturated heterocycles. The molecule has 2 heteroatoms. The number of carbonyl (C=O) groups excluding carboxylic acids is 1. The lowest BCUT2D eigenvalue weighted by molar-refractivity contribution is 0.103. The van der Waals surface area contributed by atoms with Crippen LogP contribution in [0.3, 0.4) is 0 Å². The third-order valence-electron chi connectivity index (χ3n) is 4.43. The smallest absolute Gasteiger partial charge is 0.194 e. The monoisotopic (exact) mass is 287 g/mol. The first-order chi connectivity index (χ1) is 10.8. The van der Waals surface area contributed by atoms with Crippen molar-refractivity contribution in [2.24, 2.45) is 0 Å². The van der Waals surface area contributed by atoms with Crippen LogP contribution in [0.15, 0.2) is 54.6 Å². The van der Waals surface area contributed by atoms with Crippen LogP contribution in [-0.2, 0) is 12.8 Å². The molecule has 2 aromatic carbocycles. The van der Waals surface area contributed by atoms with E-state index in [-0.39, 0.29) is 5.78 Å². The van der Waals surface area contributed by atoms with Crippen LogP contribution in [-0.4, -0.2) is 10.8 Å². The van der Waals surface area contributed by atoms with Crippen molar-refractivity contribution in [1.82, 2.24) is 4.98 Å². The summed E-state index contributed by atoms with van der Waals surface area (Å²) in [5.74, 6) is 0.123. The second-order valence-electron chi connectivity index (χ2n) is 5.83. The minimum absolute atomic E-state index is 0.123. The highest BCUT2D eigenvalue weighted by Crippen LogP contribution is 2.30. The zero-order valence-corrected chi connectivity index (χ0v) is 12.4. The molecule has 0 aliphatic heterocycles. The molecule has 0 radical (unpaired) electrons. The molecule has 1 aromatic heterocycles. The number of benzene rings is 2. The van der Waals surface area contributed by atoms with Gasteiger partial charge in [-0.1, -0.05) is 48.5 Å². The number of aryl methyl sites for hydroxylation is 1. The van der Waals surface area contributed by atoms with Crippen molar-refractivity contribution in [3.05, 3.63) is 77.0 Å². The van der Waals surface area contributed by atoms with Crippen molar-refractivity contribution >= 4 is 16.7 Å². The Morgan fingerprint density at radius 3 is 2.45 bits per heavy atom. The number of ketones is 1. The fourth-order valence-electron chi connectivity index (χ4n) is 3.37. The number of aromatic nitrogens is 1. The summed E-state index contributed by atoms with van der Waals surface area (Å²) in [6.07, 6.45) is 4.25. The Balaban J connectivity index is 2.01. The quantitative estimate of drug-likeness (QED) is 0.656. The molecular formula is C20H17NO. The van der Waals surface area contributed by atoms with Gasteiger partial charge in [-0.05, 0) is 37.3 Å². The van der Waals surface area contributed by atoms with E-state index in [0.29, 0.717) is 0 Å². The molecule has 0 atom stereocenters. The van der Waals surface area contributed by atoms with E-state index in [1.54, 1.807) is 0 Å². The van der Waals surface area contributed by atoms with Gasteiger partial charge in [-0.25, -0.2) is 0 Å².